The first-order valence-electron chi connectivity index (χ1n) is 2.06. The Morgan fingerprint density at radius 3 is 1.29 bits per heavy atom. The molecule has 0 heterocycles. The molecular formula is C4H13ClN2. The Hall–Kier alpha value is 0.210. The Kier molecular flexibility index (Phi) is 13.9. The molecule has 0 saturated carbocycles. The number of hydrogen-bond donors (Lipinski definition) is 1. The number of nitrogens with one attached hydrogen (secondary N) is 1. The molecule has 0 bridgehead atoms. The monoisotopic (exact) mass is 124 g/mol. The molecule has 0 amide bonds. The Bertz CT molecular complexity index is 20.9. The minimum absolute atomic E-state index is 1.47. The van der Waals surface area contributed by atoms with Crippen molar-refractivity contribution in [3.05, 3.63) is 0 Å². The van der Waals surface area contributed by atoms with E-state index >= 15 is 0 Å². The van der Waals surface area contributed by atoms with Crippen LogP contribution in [0.3, 0.4) is 0 Å². The molecule has 0 atom stereocenters. The third-order valence-electron chi connectivity index (χ3n) is 0. The molecule has 3 heteroatoms. The lowest BCUT2D eigenvalue weighted by molar-refractivity contribution is 0.681. The quantitative estimate of drug-likeness (QED) is 0.475. The molecule has 0 spiro atoms. The molecule has 0 aromatic heterocycles. The number of halogens is 1. The van der Waals surface area contributed by atoms with Gasteiger partial charge in [0.1, 0.15) is 0 Å². The molecule has 0 aliphatic heterocycles. The second kappa shape index (κ2) is 9.51. The summed E-state index contributed by atoms with van der Waals surface area (Å²) in [5, 5.41) is 2.75. The summed E-state index contributed by atoms with van der Waals surface area (Å²) in [6.07, 6.45) is 0. The van der Waals surface area contributed by atoms with Crippen LogP contribution in [-0.2, 0) is 0 Å². The average Bonchev–Trinajstić information content (AvgIpc) is 1.33. The summed E-state index contributed by atoms with van der Waals surface area (Å²) in [6, 6.07) is 0. The Morgan fingerprint density at radius 2 is 1.29 bits per heavy atom. The highest BCUT2D eigenvalue weighted by Gasteiger charge is 1.62. The normalized spacial score (nSPS) is 7.71. The van der Waals surface area contributed by atoms with Gasteiger partial charge in [0.25, 0.3) is 0 Å². The maximum Gasteiger partial charge on any atom is 0.00209 e. The van der Waals surface area contributed by atoms with Gasteiger partial charge < -0.3 is 5.32 Å². The van der Waals surface area contributed by atoms with Crippen LogP contribution in [0.25, 0.3) is 0 Å². The predicted molar refractivity (Wildman–Crippen MR) is 34.5 cm³/mol. The first-order valence-corrected chi connectivity index (χ1v) is 2.40. The van der Waals surface area contributed by atoms with Crippen molar-refractivity contribution >= 4 is 11.8 Å². The number of hydrogen-bond acceptors (Lipinski definition) is 2. The first kappa shape index (κ1) is 10.2. The third-order valence-corrected chi connectivity index (χ3v) is 0. The minimum Gasteiger partial charge on any atom is -0.323 e. The summed E-state index contributed by atoms with van der Waals surface area (Å²) in [5.41, 5.74) is 0. The van der Waals surface area contributed by atoms with E-state index in [4.69, 9.17) is 11.8 Å². The van der Waals surface area contributed by atoms with Gasteiger partial charge in [-0.2, -0.15) is 0 Å². The molecule has 0 unspecified atom stereocenters. The summed E-state index contributed by atoms with van der Waals surface area (Å²) in [4.78, 5) is 0. The van der Waals surface area contributed by atoms with Gasteiger partial charge in [0.05, 0.1) is 0 Å². The van der Waals surface area contributed by atoms with Crippen molar-refractivity contribution in [2.75, 3.05) is 28.2 Å². The standard InChI is InChI=1S/C2H6ClN.C2H7N/c1-4(2)3;1-3-2/h1-2H3;3H,1-2H3. The highest BCUT2D eigenvalue weighted by atomic mass is 35.5. The van der Waals surface area contributed by atoms with Gasteiger partial charge in [-0.3, -0.25) is 0 Å². The van der Waals surface area contributed by atoms with E-state index in [9.17, 15) is 0 Å². The van der Waals surface area contributed by atoms with Crippen molar-refractivity contribution in [2.24, 2.45) is 0 Å². The molecule has 2 nitrogen and oxygen atoms in total. The molecule has 0 aliphatic rings. The summed E-state index contributed by atoms with van der Waals surface area (Å²) in [6.45, 7) is 0. The van der Waals surface area contributed by atoms with Crippen molar-refractivity contribution in [1.29, 1.82) is 0 Å². The second-order valence-corrected chi connectivity index (χ2v) is 1.96. The van der Waals surface area contributed by atoms with Gasteiger partial charge in [0.15, 0.2) is 0 Å². The highest BCUT2D eigenvalue weighted by Crippen LogP contribution is 1.71. The van der Waals surface area contributed by atoms with E-state index < -0.39 is 0 Å². The van der Waals surface area contributed by atoms with Crippen LogP contribution in [0, 0.1) is 0 Å². The van der Waals surface area contributed by atoms with Gasteiger partial charge in [-0.15, -0.1) is 0 Å². The van der Waals surface area contributed by atoms with Crippen molar-refractivity contribution in [3.63, 3.8) is 0 Å². The van der Waals surface area contributed by atoms with E-state index in [0.717, 1.165) is 0 Å². The van der Waals surface area contributed by atoms with Crippen molar-refractivity contribution < 1.29 is 0 Å². The summed E-state index contributed by atoms with van der Waals surface area (Å²) >= 11 is 5.11. The molecule has 0 aromatic rings. The molecule has 0 saturated heterocycles. The lowest BCUT2D eigenvalue weighted by Crippen LogP contribution is -1.89. The van der Waals surface area contributed by atoms with Gasteiger partial charge in [-0.1, -0.05) is 0 Å². The Morgan fingerprint density at radius 1 is 1.29 bits per heavy atom. The molecule has 0 radical (unpaired) electrons. The maximum absolute atomic E-state index is 5.11. The van der Waals surface area contributed by atoms with Crippen LogP contribution in [0.2, 0.25) is 0 Å². The van der Waals surface area contributed by atoms with E-state index in [0.29, 0.717) is 0 Å². The Balaban J connectivity index is 0. The van der Waals surface area contributed by atoms with Crippen molar-refractivity contribution in [3.8, 4) is 0 Å². The van der Waals surface area contributed by atoms with E-state index in [1.165, 1.54) is 4.42 Å². The van der Waals surface area contributed by atoms with Gasteiger partial charge in [0.2, 0.25) is 0 Å². The van der Waals surface area contributed by atoms with E-state index in [1.54, 1.807) is 14.1 Å². The zero-order valence-corrected chi connectivity index (χ0v) is 6.08. The summed E-state index contributed by atoms with van der Waals surface area (Å²) in [5.74, 6) is 0. The van der Waals surface area contributed by atoms with Gasteiger partial charge in [-0.05, 0) is 25.9 Å². The van der Waals surface area contributed by atoms with Crippen LogP contribution >= 0.6 is 11.8 Å². The van der Waals surface area contributed by atoms with Crippen LogP contribution in [0.4, 0.5) is 0 Å². The van der Waals surface area contributed by atoms with Crippen LogP contribution < -0.4 is 5.32 Å². The van der Waals surface area contributed by atoms with Crippen LogP contribution in [0.5, 0.6) is 0 Å². The van der Waals surface area contributed by atoms with E-state index in [2.05, 4.69) is 5.32 Å². The molecule has 0 aromatic carbocycles. The molecule has 1 N–H and O–H groups in total. The zero-order valence-electron chi connectivity index (χ0n) is 5.33. The Labute approximate surface area is 50.6 Å². The smallest absolute Gasteiger partial charge is 0.00209 e. The fourth-order valence-corrected chi connectivity index (χ4v) is 0. The average molecular weight is 125 g/mol. The van der Waals surface area contributed by atoms with Gasteiger partial charge in [-0.25, -0.2) is 4.42 Å². The molecule has 0 rings (SSSR count). The van der Waals surface area contributed by atoms with Gasteiger partial charge in [0, 0.05) is 14.1 Å². The fourth-order valence-electron chi connectivity index (χ4n) is 0. The van der Waals surface area contributed by atoms with Crippen LogP contribution in [-0.4, -0.2) is 32.6 Å². The topological polar surface area (TPSA) is 15.3 Å². The molecule has 46 valence electrons. The van der Waals surface area contributed by atoms with Crippen LogP contribution in [0.1, 0.15) is 0 Å². The third kappa shape index (κ3) is 2500. The second-order valence-electron chi connectivity index (χ2n) is 1.29. The number of rotatable bonds is 0. The maximum atomic E-state index is 5.11. The predicted octanol–water partition coefficient (Wildman–Crippen LogP) is 0.537. The van der Waals surface area contributed by atoms with Gasteiger partial charge >= 0.3 is 0 Å². The molecule has 0 aliphatic carbocycles. The lowest BCUT2D eigenvalue weighted by Gasteiger charge is -1.85. The van der Waals surface area contributed by atoms with E-state index in [-0.39, 0.29) is 0 Å². The largest absolute Gasteiger partial charge is 0.323 e. The minimum atomic E-state index is 1.47. The molecular weight excluding hydrogens is 112 g/mol. The summed E-state index contributed by atoms with van der Waals surface area (Å²) in [7, 11) is 7.28. The van der Waals surface area contributed by atoms with Crippen molar-refractivity contribution in [2.45, 2.75) is 0 Å². The molecule has 7 heavy (non-hydrogen) atoms. The highest BCUT2D eigenvalue weighted by molar-refractivity contribution is 6.12. The molecule has 0 fully saturated rings. The number of nitrogens with zero attached hydrogens (tertiary/aromatic N) is 1. The SMILES string of the molecule is CN(C)Cl.CNC. The summed E-state index contributed by atoms with van der Waals surface area (Å²) < 4.78 is 1.47. The lowest BCUT2D eigenvalue weighted by atomic mass is 11.3. The van der Waals surface area contributed by atoms with E-state index in [1.807, 2.05) is 14.1 Å². The fraction of sp³-hybridized carbons (Fsp3) is 1.00. The first-order chi connectivity index (χ1) is 3.15. The van der Waals surface area contributed by atoms with Crippen LogP contribution in [0.15, 0.2) is 0 Å². The zero-order chi connectivity index (χ0) is 6.28. The van der Waals surface area contributed by atoms with Crippen molar-refractivity contribution in [1.82, 2.24) is 9.74 Å².